The molecule has 0 aliphatic carbocycles. The van der Waals surface area contributed by atoms with E-state index in [9.17, 15) is 4.57 Å². The molecule has 0 bridgehead atoms. The van der Waals surface area contributed by atoms with E-state index < -0.39 is 7.80 Å². The lowest BCUT2D eigenvalue weighted by molar-refractivity contribution is 0.598. The van der Waals surface area contributed by atoms with Crippen LogP contribution in [0, 0.1) is 0 Å². The van der Waals surface area contributed by atoms with Gasteiger partial charge in [0.05, 0.1) is 0 Å². The Bertz CT molecular complexity index is 1020. The maximum absolute atomic E-state index is 12.7. The lowest BCUT2D eigenvalue weighted by Crippen LogP contribution is -2.05. The van der Waals surface area contributed by atoms with Gasteiger partial charge in [-0.3, -0.25) is 0 Å². The second-order valence-corrected chi connectivity index (χ2v) is 7.71. The first kappa shape index (κ1) is 16.4. The minimum absolute atomic E-state index is 0.854. The van der Waals surface area contributed by atoms with Gasteiger partial charge >= 0.3 is 7.80 Å². The first-order chi connectivity index (χ1) is 12.8. The van der Waals surface area contributed by atoms with Gasteiger partial charge in [-0.1, -0.05) is 77.4 Å². The van der Waals surface area contributed by atoms with Crippen molar-refractivity contribution in [3.63, 3.8) is 0 Å². The van der Waals surface area contributed by atoms with E-state index in [0.29, 0.717) is 0 Å². The summed E-state index contributed by atoms with van der Waals surface area (Å²) >= 11 is 0. The van der Waals surface area contributed by atoms with Gasteiger partial charge in [-0.2, -0.15) is 0 Å². The summed E-state index contributed by atoms with van der Waals surface area (Å²) in [6, 6.07) is 36.5. The largest absolute Gasteiger partial charge is 0.415 e. The Morgan fingerprint density at radius 2 is 0.846 bits per heavy atom. The summed E-state index contributed by atoms with van der Waals surface area (Å²) in [4.78, 5) is 0. The van der Waals surface area contributed by atoms with E-state index in [1.807, 2.05) is 48.5 Å². The van der Waals surface area contributed by atoms with Crippen LogP contribution in [0.25, 0.3) is 22.3 Å². The standard InChI is InChI=1S/C24H18OP/c25-26(21-11-5-2-6-12-21)22-17-15-20(16-18-22)24-14-8-7-13-23(24)19-9-3-1-4-10-19/h1-18H/q+1. The molecule has 124 valence electrons. The van der Waals surface area contributed by atoms with Crippen molar-refractivity contribution in [1.82, 2.24) is 0 Å². The Labute approximate surface area is 154 Å². The molecular weight excluding hydrogens is 335 g/mol. The van der Waals surface area contributed by atoms with Crippen molar-refractivity contribution in [3.05, 3.63) is 109 Å². The van der Waals surface area contributed by atoms with Crippen molar-refractivity contribution < 1.29 is 4.57 Å². The molecule has 0 N–H and O–H groups in total. The van der Waals surface area contributed by atoms with Crippen LogP contribution in [0.15, 0.2) is 109 Å². The smallest absolute Gasteiger partial charge is 0.0622 e. The molecule has 1 nitrogen and oxygen atoms in total. The summed E-state index contributed by atoms with van der Waals surface area (Å²) in [7, 11) is -1.55. The second-order valence-electron chi connectivity index (χ2n) is 6.09. The number of benzene rings is 4. The van der Waals surface area contributed by atoms with Crippen LogP contribution < -0.4 is 10.6 Å². The van der Waals surface area contributed by atoms with Crippen LogP contribution in [0.5, 0.6) is 0 Å². The van der Waals surface area contributed by atoms with Gasteiger partial charge in [-0.15, -0.1) is 0 Å². The maximum atomic E-state index is 12.7. The van der Waals surface area contributed by atoms with E-state index >= 15 is 0 Å². The Kier molecular flexibility index (Phi) is 4.73. The molecule has 0 saturated carbocycles. The fourth-order valence-corrected chi connectivity index (χ4v) is 4.25. The van der Waals surface area contributed by atoms with Gasteiger partial charge in [0.15, 0.2) is 10.6 Å². The summed E-state index contributed by atoms with van der Waals surface area (Å²) < 4.78 is 12.7. The molecule has 4 rings (SSSR count). The van der Waals surface area contributed by atoms with E-state index in [0.717, 1.165) is 16.2 Å². The van der Waals surface area contributed by atoms with Crippen LogP contribution >= 0.6 is 7.80 Å². The van der Waals surface area contributed by atoms with E-state index in [-0.39, 0.29) is 0 Å². The molecule has 0 aromatic heterocycles. The normalized spacial score (nSPS) is 11.2. The Hall–Kier alpha value is -3.02. The van der Waals surface area contributed by atoms with Crippen molar-refractivity contribution in [2.24, 2.45) is 0 Å². The molecule has 0 radical (unpaired) electrons. The predicted molar refractivity (Wildman–Crippen MR) is 111 cm³/mol. The fourth-order valence-electron chi connectivity index (χ4n) is 3.09. The van der Waals surface area contributed by atoms with Gasteiger partial charge in [-0.25, -0.2) is 0 Å². The van der Waals surface area contributed by atoms with Gasteiger partial charge < -0.3 is 0 Å². The van der Waals surface area contributed by atoms with Crippen molar-refractivity contribution >= 4 is 18.4 Å². The molecular formula is C24H18OP+. The summed E-state index contributed by atoms with van der Waals surface area (Å²) in [5.41, 5.74) is 4.71. The predicted octanol–water partition coefficient (Wildman–Crippen LogP) is 5.80. The third-order valence-electron chi connectivity index (χ3n) is 4.42. The minimum atomic E-state index is -1.55. The van der Waals surface area contributed by atoms with Crippen LogP contribution in [0.3, 0.4) is 0 Å². The van der Waals surface area contributed by atoms with Crippen LogP contribution in [0.2, 0.25) is 0 Å². The van der Waals surface area contributed by atoms with E-state index in [1.54, 1.807) is 0 Å². The quantitative estimate of drug-likeness (QED) is 0.424. The minimum Gasteiger partial charge on any atom is -0.0622 e. The molecule has 0 aliphatic rings. The molecule has 4 aromatic rings. The van der Waals surface area contributed by atoms with Gasteiger partial charge in [-0.05, 0) is 58.7 Å². The van der Waals surface area contributed by atoms with E-state index in [2.05, 4.69) is 60.7 Å². The highest BCUT2D eigenvalue weighted by Gasteiger charge is 2.22. The SMILES string of the molecule is O=[P+](c1ccccc1)c1ccc(-c2ccccc2-c2ccccc2)cc1. The van der Waals surface area contributed by atoms with Gasteiger partial charge in [0, 0.05) is 0 Å². The lowest BCUT2D eigenvalue weighted by Gasteiger charge is -2.09. The Balaban J connectivity index is 1.70. The molecule has 4 aromatic carbocycles. The highest BCUT2D eigenvalue weighted by atomic mass is 31.1. The third-order valence-corrected chi connectivity index (χ3v) is 5.95. The van der Waals surface area contributed by atoms with Gasteiger partial charge in [0.1, 0.15) is 0 Å². The second kappa shape index (κ2) is 7.47. The topological polar surface area (TPSA) is 17.1 Å². The fraction of sp³-hybridized carbons (Fsp3) is 0. The Morgan fingerprint density at radius 3 is 1.42 bits per heavy atom. The first-order valence-corrected chi connectivity index (χ1v) is 9.86. The molecule has 0 saturated heterocycles. The monoisotopic (exact) mass is 353 g/mol. The van der Waals surface area contributed by atoms with Gasteiger partial charge in [0.2, 0.25) is 0 Å². The van der Waals surface area contributed by atoms with Crippen molar-refractivity contribution in [2.75, 3.05) is 0 Å². The maximum Gasteiger partial charge on any atom is 0.415 e. The average Bonchev–Trinajstić information content (AvgIpc) is 2.75. The molecule has 1 atom stereocenters. The van der Waals surface area contributed by atoms with Crippen LogP contribution in [0.1, 0.15) is 0 Å². The van der Waals surface area contributed by atoms with E-state index in [1.165, 1.54) is 16.7 Å². The first-order valence-electron chi connectivity index (χ1n) is 8.60. The zero-order valence-electron chi connectivity index (χ0n) is 14.2. The van der Waals surface area contributed by atoms with Crippen LogP contribution in [0.4, 0.5) is 0 Å². The molecule has 0 amide bonds. The molecule has 2 heteroatoms. The highest BCUT2D eigenvalue weighted by Crippen LogP contribution is 2.32. The summed E-state index contributed by atoms with van der Waals surface area (Å²) in [5, 5.41) is 1.71. The number of hydrogen-bond donors (Lipinski definition) is 0. The zero-order valence-corrected chi connectivity index (χ0v) is 15.1. The van der Waals surface area contributed by atoms with Crippen LogP contribution in [-0.4, -0.2) is 0 Å². The molecule has 0 fully saturated rings. The summed E-state index contributed by atoms with van der Waals surface area (Å²) in [5.74, 6) is 0. The molecule has 26 heavy (non-hydrogen) atoms. The van der Waals surface area contributed by atoms with Crippen LogP contribution in [-0.2, 0) is 4.57 Å². The van der Waals surface area contributed by atoms with E-state index in [4.69, 9.17) is 0 Å². The summed E-state index contributed by atoms with van der Waals surface area (Å²) in [6.45, 7) is 0. The zero-order chi connectivity index (χ0) is 17.8. The molecule has 0 heterocycles. The number of rotatable bonds is 4. The molecule has 0 spiro atoms. The highest BCUT2D eigenvalue weighted by molar-refractivity contribution is 7.61. The summed E-state index contributed by atoms with van der Waals surface area (Å²) in [6.07, 6.45) is 0. The van der Waals surface area contributed by atoms with Crippen molar-refractivity contribution in [3.8, 4) is 22.3 Å². The van der Waals surface area contributed by atoms with Gasteiger partial charge in [0.25, 0.3) is 0 Å². The number of hydrogen-bond acceptors (Lipinski definition) is 1. The van der Waals surface area contributed by atoms with Crippen molar-refractivity contribution in [1.29, 1.82) is 0 Å². The molecule has 0 aliphatic heterocycles. The lowest BCUT2D eigenvalue weighted by atomic mass is 9.95. The Morgan fingerprint density at radius 1 is 0.423 bits per heavy atom. The van der Waals surface area contributed by atoms with Crippen molar-refractivity contribution in [2.45, 2.75) is 0 Å². The average molecular weight is 353 g/mol. The third kappa shape index (κ3) is 3.35. The molecule has 1 unspecified atom stereocenters.